The summed E-state index contributed by atoms with van der Waals surface area (Å²) in [5.74, 6) is 0.509. The summed E-state index contributed by atoms with van der Waals surface area (Å²) in [6.45, 7) is 0. The molecule has 12 atom stereocenters. The Morgan fingerprint density at radius 3 is 1.35 bits per heavy atom. The van der Waals surface area contributed by atoms with E-state index in [4.69, 9.17) is 42.6 Å². The quantitative estimate of drug-likeness (QED) is 0.0284. The summed E-state index contributed by atoms with van der Waals surface area (Å²) in [5, 5.41) is 59.4. The molecular weight excluding hydrogens is 929 g/mol. The summed E-state index contributed by atoms with van der Waals surface area (Å²) in [6, 6.07) is -1.81. The highest BCUT2D eigenvalue weighted by atomic mass is 32.3. The van der Waals surface area contributed by atoms with Crippen molar-refractivity contribution >= 4 is 88.5 Å². The van der Waals surface area contributed by atoms with Gasteiger partial charge in [-0.3, -0.25) is 18.7 Å². The van der Waals surface area contributed by atoms with Crippen LogP contribution in [-0.4, -0.2) is 192 Å². The lowest BCUT2D eigenvalue weighted by atomic mass is 10.1. The third-order valence-corrected chi connectivity index (χ3v) is 14.2. The molecule has 4 aromatic rings. The summed E-state index contributed by atoms with van der Waals surface area (Å²) >= 11 is 0. The van der Waals surface area contributed by atoms with Gasteiger partial charge in [-0.05, 0) is 21.8 Å². The third kappa shape index (κ3) is 13.9. The van der Waals surface area contributed by atoms with Crippen LogP contribution in [0.5, 0.6) is 0 Å². The molecule has 0 amide bonds. The minimum atomic E-state index is -5.43. The molecule has 0 saturated carbocycles. The Bertz CT molecular complexity index is 2250. The fraction of sp³-hybridized carbons (Fsp3) is 0.600. The van der Waals surface area contributed by atoms with Gasteiger partial charge in [-0.15, -0.1) is 0 Å². The summed E-state index contributed by atoms with van der Waals surface area (Å²) < 4.78 is 73.0. The Kier molecular flexibility index (Phi) is 17.7. The summed E-state index contributed by atoms with van der Waals surface area (Å²) in [5.41, 5.74) is 24.2. The van der Waals surface area contributed by atoms with Gasteiger partial charge in [0.25, 0.3) is 0 Å². The van der Waals surface area contributed by atoms with E-state index in [9.17, 15) is 56.0 Å². The van der Waals surface area contributed by atoms with Crippen LogP contribution in [0.1, 0.15) is 25.3 Å². The smallest absolute Gasteiger partial charge is 0.320 e. The molecule has 14 N–H and O–H groups in total. The summed E-state index contributed by atoms with van der Waals surface area (Å²) in [7, 11) is -11.3. The number of aliphatic hydroxyl groups excluding tert-OH is 4. The summed E-state index contributed by atoms with van der Waals surface area (Å²) in [6.07, 6.45) is 2.62. The number of carboxylic acid groups (broad SMARTS) is 2. The monoisotopic (exact) mass is 974 g/mol. The van der Waals surface area contributed by atoms with E-state index in [1.54, 1.807) is 0 Å². The van der Waals surface area contributed by atoms with Gasteiger partial charge in [0.2, 0.25) is 20.8 Å². The number of anilines is 2. The summed E-state index contributed by atoms with van der Waals surface area (Å²) in [4.78, 5) is 45.9. The normalized spacial score (nSPS) is 25.7. The highest BCUT2D eigenvalue weighted by Gasteiger charge is 2.48. The number of aliphatic carboxylic acids is 2. The lowest BCUT2D eigenvalue weighted by Gasteiger charge is -2.16. The van der Waals surface area contributed by atoms with Crippen molar-refractivity contribution < 1.29 is 79.3 Å². The number of nitrogens with two attached hydrogens (primary N) is 4. The van der Waals surface area contributed by atoms with Crippen molar-refractivity contribution in [2.45, 2.75) is 74.0 Å². The molecule has 0 aliphatic carbocycles. The predicted molar refractivity (Wildman–Crippen MR) is 218 cm³/mol. The highest BCUT2D eigenvalue weighted by molar-refractivity contribution is 7.96. The zero-order valence-corrected chi connectivity index (χ0v) is 36.3. The molecule has 2 aliphatic heterocycles. The van der Waals surface area contributed by atoms with E-state index >= 15 is 0 Å². The van der Waals surface area contributed by atoms with Gasteiger partial charge in [0.05, 0.1) is 25.2 Å². The average Bonchev–Trinajstić information content (AvgIpc) is 3.95. The van der Waals surface area contributed by atoms with E-state index in [1.165, 1.54) is 34.4 Å². The van der Waals surface area contributed by atoms with Crippen molar-refractivity contribution in [1.29, 1.82) is 0 Å². The molecule has 352 valence electrons. The van der Waals surface area contributed by atoms with E-state index in [-0.39, 0.29) is 33.4 Å². The molecule has 29 nitrogen and oxygen atoms in total. The number of aromatic nitrogens is 8. The Labute approximate surface area is 363 Å². The van der Waals surface area contributed by atoms with Crippen LogP contribution in [0.2, 0.25) is 0 Å². The SMILES string of the molecule is C[S+](CC[C@H](N)C(=O)O)C[C@H]1O[C@@H](n2cnc3c(N)ncnc32)[C@H](O)[C@@H]1O.C[S+](CC[C@H](N)C(=O)O)C[C@H]1O[C@@H](n2cnc3c(N)ncnc32)[C@H](O)[C@@H]1O.O=S(=O)([O-])OS(=O)(=O)[O-]. The molecule has 2 unspecified atom stereocenters. The highest BCUT2D eigenvalue weighted by Crippen LogP contribution is 2.34. The van der Waals surface area contributed by atoms with Gasteiger partial charge >= 0.3 is 11.9 Å². The average molecular weight is 975 g/mol. The van der Waals surface area contributed by atoms with Crippen molar-refractivity contribution in [2.24, 2.45) is 11.5 Å². The van der Waals surface area contributed by atoms with Crippen molar-refractivity contribution in [3.8, 4) is 0 Å². The first-order valence-electron chi connectivity index (χ1n) is 18.0. The van der Waals surface area contributed by atoms with Gasteiger partial charge in [-0.1, -0.05) is 0 Å². The molecule has 2 aliphatic rings. The number of hydrogen-bond donors (Lipinski definition) is 10. The number of carbonyl (C=O) groups is 2. The van der Waals surface area contributed by atoms with Crippen LogP contribution in [0.15, 0.2) is 25.3 Å². The molecule has 63 heavy (non-hydrogen) atoms. The zero-order chi connectivity index (χ0) is 47.1. The number of ether oxygens (including phenoxy) is 2. The second kappa shape index (κ2) is 21.7. The molecule has 4 aromatic heterocycles. The standard InChI is InChI=1S/2C15H22N6O5S.H2O7S2/c2*1-27(3-2-7(16)15(24)25)4-8-10(22)11(23)14(26-8)21-6-20-9-12(17)18-5-19-13(9)21;1-8(2,3)7-9(4,5)6/h2*5-8,10-11,14,22-23H,2-4,16H2,1H3,(H2-,17,18,19,24,25);(H,1,2,3)(H,4,5,6)/t2*7-,8+,10+,11+,14+,27?;/m00./s1. The van der Waals surface area contributed by atoms with Gasteiger partial charge in [0.1, 0.15) is 95.4 Å². The number of carboxylic acids is 2. The van der Waals surface area contributed by atoms with Gasteiger partial charge < -0.3 is 72.2 Å². The number of nitrogens with zero attached hydrogens (tertiary/aromatic N) is 8. The van der Waals surface area contributed by atoms with Crippen LogP contribution >= 0.6 is 0 Å². The lowest BCUT2D eigenvalue weighted by Crippen LogP contribution is -2.37. The molecule has 2 saturated heterocycles. The largest absolute Gasteiger partial charge is 0.725 e. The maximum atomic E-state index is 10.8. The topological polar surface area (TPSA) is 489 Å². The van der Waals surface area contributed by atoms with E-state index in [1.807, 2.05) is 12.5 Å². The van der Waals surface area contributed by atoms with Crippen molar-refractivity contribution in [2.75, 3.05) is 47.0 Å². The zero-order valence-electron chi connectivity index (χ0n) is 33.0. The molecule has 0 spiro atoms. The minimum Gasteiger partial charge on any atom is -0.725 e. The van der Waals surface area contributed by atoms with Gasteiger partial charge in [-0.2, -0.15) is 3.63 Å². The van der Waals surface area contributed by atoms with Crippen LogP contribution in [-0.2, 0) is 65.3 Å². The van der Waals surface area contributed by atoms with Crippen LogP contribution in [0.3, 0.4) is 0 Å². The molecule has 0 bridgehead atoms. The second-order valence-corrected chi connectivity index (χ2v) is 20.7. The number of fused-ring (bicyclic) bond motifs is 2. The van der Waals surface area contributed by atoms with Crippen LogP contribution < -0.4 is 22.9 Å². The second-order valence-electron chi connectivity index (χ2n) is 13.9. The first kappa shape index (κ1) is 51.4. The number of aliphatic hydroxyl groups is 4. The van der Waals surface area contributed by atoms with E-state index < -0.39 is 93.9 Å². The molecule has 6 heterocycles. The fourth-order valence-electron chi connectivity index (χ4n) is 6.04. The van der Waals surface area contributed by atoms with Crippen molar-refractivity contribution in [3.63, 3.8) is 0 Å². The first-order valence-corrected chi connectivity index (χ1v) is 24.6. The number of imidazole rings is 2. The number of nitrogen functional groups attached to an aromatic ring is 2. The predicted octanol–water partition coefficient (Wildman–Crippen LogP) is -5.92. The number of hydrogen-bond acceptors (Lipinski definition) is 25. The van der Waals surface area contributed by atoms with E-state index in [2.05, 4.69) is 33.5 Å². The molecule has 6 rings (SSSR count). The lowest BCUT2D eigenvalue weighted by molar-refractivity contribution is -0.139. The molecule has 0 aromatic carbocycles. The maximum absolute atomic E-state index is 10.8. The van der Waals surface area contributed by atoms with Crippen molar-refractivity contribution in [1.82, 2.24) is 39.0 Å². The third-order valence-electron chi connectivity index (χ3n) is 9.25. The molecule has 33 heteroatoms. The maximum Gasteiger partial charge on any atom is 0.320 e. The Morgan fingerprint density at radius 2 is 1.05 bits per heavy atom. The fourth-order valence-corrected chi connectivity index (χ4v) is 10.2. The van der Waals surface area contributed by atoms with Crippen molar-refractivity contribution in [3.05, 3.63) is 25.3 Å². The van der Waals surface area contributed by atoms with E-state index in [0.29, 0.717) is 58.2 Å². The molecule has 0 radical (unpaired) electrons. The Morgan fingerprint density at radius 1 is 0.698 bits per heavy atom. The minimum absolute atomic E-state index is 0.216. The van der Waals surface area contributed by atoms with Crippen LogP contribution in [0, 0.1) is 0 Å². The Balaban J connectivity index is 0.000000232. The number of rotatable bonds is 16. The molecule has 2 fully saturated rings. The van der Waals surface area contributed by atoms with E-state index in [0.717, 1.165) is 0 Å². The van der Waals surface area contributed by atoms with Gasteiger partial charge in [-0.25, -0.2) is 46.7 Å². The molecular formula is C30H46N12O17S4. The Hall–Kier alpha value is -4.20. The van der Waals surface area contributed by atoms with Crippen LogP contribution in [0.25, 0.3) is 22.3 Å². The van der Waals surface area contributed by atoms with Crippen LogP contribution in [0.4, 0.5) is 11.6 Å². The van der Waals surface area contributed by atoms with Gasteiger partial charge in [0.15, 0.2) is 35.4 Å². The van der Waals surface area contributed by atoms with Gasteiger partial charge in [0, 0.05) is 12.8 Å². The first-order chi connectivity index (χ1) is 29.3.